The van der Waals surface area contributed by atoms with Crippen LogP contribution in [0.15, 0.2) is 16.5 Å². The fraction of sp³-hybridized carbons (Fsp3) is 0.667. The van der Waals surface area contributed by atoms with Crippen molar-refractivity contribution in [1.29, 1.82) is 0 Å². The van der Waals surface area contributed by atoms with Crippen molar-refractivity contribution in [3.63, 3.8) is 0 Å². The molecular formula is C12H21NO2. The third kappa shape index (κ3) is 4.49. The van der Waals surface area contributed by atoms with E-state index in [2.05, 4.69) is 20.8 Å². The summed E-state index contributed by atoms with van der Waals surface area (Å²) < 4.78 is 11.1. The Morgan fingerprint density at radius 1 is 1.27 bits per heavy atom. The molecule has 1 aromatic heterocycles. The van der Waals surface area contributed by atoms with Crippen LogP contribution in [0.5, 0.6) is 0 Å². The molecule has 0 amide bonds. The van der Waals surface area contributed by atoms with E-state index in [9.17, 15) is 0 Å². The molecule has 15 heavy (non-hydrogen) atoms. The number of nitrogens with two attached hydrogens (primary N) is 1. The van der Waals surface area contributed by atoms with Crippen LogP contribution < -0.4 is 5.73 Å². The predicted octanol–water partition coefficient (Wildman–Crippen LogP) is 2.69. The van der Waals surface area contributed by atoms with E-state index < -0.39 is 0 Å². The van der Waals surface area contributed by atoms with E-state index in [-0.39, 0.29) is 6.10 Å². The zero-order chi connectivity index (χ0) is 11.3. The second-order valence-electron chi connectivity index (χ2n) is 4.32. The molecule has 1 atom stereocenters. The Hall–Kier alpha value is -0.800. The van der Waals surface area contributed by atoms with E-state index in [1.54, 1.807) is 0 Å². The Balaban J connectivity index is 2.30. The maximum atomic E-state index is 5.66. The summed E-state index contributed by atoms with van der Waals surface area (Å²) in [5, 5.41) is 0. The number of hydrogen-bond donors (Lipinski definition) is 1. The molecule has 3 nitrogen and oxygen atoms in total. The van der Waals surface area contributed by atoms with Gasteiger partial charge < -0.3 is 14.9 Å². The molecule has 1 rings (SSSR count). The molecule has 0 fully saturated rings. The highest BCUT2D eigenvalue weighted by Crippen LogP contribution is 2.12. The van der Waals surface area contributed by atoms with Crippen molar-refractivity contribution in [2.24, 2.45) is 11.7 Å². The summed E-state index contributed by atoms with van der Waals surface area (Å²) in [4.78, 5) is 0. The van der Waals surface area contributed by atoms with Gasteiger partial charge in [0.05, 0.1) is 12.6 Å². The molecule has 1 unspecified atom stereocenters. The second-order valence-corrected chi connectivity index (χ2v) is 4.32. The number of hydrogen-bond acceptors (Lipinski definition) is 3. The molecule has 2 N–H and O–H groups in total. The lowest BCUT2D eigenvalue weighted by Crippen LogP contribution is -2.10. The highest BCUT2D eigenvalue weighted by atomic mass is 16.5. The molecule has 3 heteroatoms. The van der Waals surface area contributed by atoms with Crippen molar-refractivity contribution >= 4 is 0 Å². The second kappa shape index (κ2) is 5.93. The smallest absolute Gasteiger partial charge is 0.129 e. The van der Waals surface area contributed by atoms with Crippen LogP contribution >= 0.6 is 0 Å². The van der Waals surface area contributed by atoms with Crippen LogP contribution in [0, 0.1) is 5.92 Å². The first-order valence-electron chi connectivity index (χ1n) is 5.51. The van der Waals surface area contributed by atoms with E-state index in [0.29, 0.717) is 19.1 Å². The minimum Gasteiger partial charge on any atom is -0.462 e. The van der Waals surface area contributed by atoms with Crippen LogP contribution in [0.1, 0.15) is 38.7 Å². The summed E-state index contributed by atoms with van der Waals surface area (Å²) in [6, 6.07) is 3.82. The van der Waals surface area contributed by atoms with Gasteiger partial charge in [-0.3, -0.25) is 0 Å². The van der Waals surface area contributed by atoms with Crippen molar-refractivity contribution in [1.82, 2.24) is 0 Å². The number of rotatable bonds is 6. The molecular weight excluding hydrogens is 190 g/mol. The summed E-state index contributed by atoms with van der Waals surface area (Å²) in [7, 11) is 0. The standard InChI is InChI=1S/C12H21NO2/c1-9(2)6-10(3)14-8-12-5-4-11(7-13)15-12/h4-5,9-10H,6-8,13H2,1-3H3. The summed E-state index contributed by atoms with van der Waals surface area (Å²) in [5.41, 5.74) is 5.45. The largest absolute Gasteiger partial charge is 0.462 e. The van der Waals surface area contributed by atoms with Gasteiger partial charge in [-0.2, -0.15) is 0 Å². The van der Waals surface area contributed by atoms with Gasteiger partial charge in [0, 0.05) is 0 Å². The van der Waals surface area contributed by atoms with Crippen LogP contribution in [-0.4, -0.2) is 6.10 Å². The van der Waals surface area contributed by atoms with Crippen LogP contribution in [0.2, 0.25) is 0 Å². The monoisotopic (exact) mass is 211 g/mol. The van der Waals surface area contributed by atoms with Crippen molar-refractivity contribution in [3.8, 4) is 0 Å². The molecule has 0 aliphatic heterocycles. The molecule has 86 valence electrons. The maximum Gasteiger partial charge on any atom is 0.129 e. The third-order valence-corrected chi connectivity index (χ3v) is 2.23. The fourth-order valence-electron chi connectivity index (χ4n) is 1.57. The maximum absolute atomic E-state index is 5.66. The molecule has 0 spiro atoms. The van der Waals surface area contributed by atoms with Gasteiger partial charge >= 0.3 is 0 Å². The molecule has 0 bridgehead atoms. The average molecular weight is 211 g/mol. The van der Waals surface area contributed by atoms with Crippen molar-refractivity contribution in [2.75, 3.05) is 0 Å². The van der Waals surface area contributed by atoms with E-state index in [1.807, 2.05) is 12.1 Å². The topological polar surface area (TPSA) is 48.4 Å². The van der Waals surface area contributed by atoms with Crippen molar-refractivity contribution < 1.29 is 9.15 Å². The average Bonchev–Trinajstić information content (AvgIpc) is 2.61. The number of furan rings is 1. The molecule has 0 aliphatic rings. The summed E-state index contributed by atoms with van der Waals surface area (Å²) >= 11 is 0. The summed E-state index contributed by atoms with van der Waals surface area (Å²) in [5.74, 6) is 2.33. The molecule has 0 radical (unpaired) electrons. The van der Waals surface area contributed by atoms with Gasteiger partial charge in [0.2, 0.25) is 0 Å². The van der Waals surface area contributed by atoms with E-state index in [1.165, 1.54) is 0 Å². The van der Waals surface area contributed by atoms with Gasteiger partial charge in [0.25, 0.3) is 0 Å². The Kier molecular flexibility index (Phi) is 4.85. The highest BCUT2D eigenvalue weighted by molar-refractivity contribution is 5.05. The normalized spacial score (nSPS) is 13.4. The minimum absolute atomic E-state index is 0.274. The van der Waals surface area contributed by atoms with Gasteiger partial charge in [-0.1, -0.05) is 13.8 Å². The molecule has 1 aromatic rings. The van der Waals surface area contributed by atoms with Gasteiger partial charge in [0.1, 0.15) is 18.1 Å². The summed E-state index contributed by atoms with van der Waals surface area (Å²) in [6.45, 7) is 7.46. The minimum atomic E-state index is 0.274. The first-order chi connectivity index (χ1) is 7.11. The quantitative estimate of drug-likeness (QED) is 0.787. The lowest BCUT2D eigenvalue weighted by Gasteiger charge is -2.13. The van der Waals surface area contributed by atoms with Crippen LogP contribution in [-0.2, 0) is 17.9 Å². The Morgan fingerprint density at radius 2 is 1.93 bits per heavy atom. The Morgan fingerprint density at radius 3 is 2.47 bits per heavy atom. The zero-order valence-electron chi connectivity index (χ0n) is 9.82. The SMILES string of the molecule is CC(C)CC(C)OCc1ccc(CN)o1. The summed E-state index contributed by atoms with van der Waals surface area (Å²) in [6.07, 6.45) is 1.35. The van der Waals surface area contributed by atoms with E-state index >= 15 is 0 Å². The van der Waals surface area contributed by atoms with Gasteiger partial charge in [0.15, 0.2) is 0 Å². The van der Waals surface area contributed by atoms with Gasteiger partial charge in [-0.15, -0.1) is 0 Å². The predicted molar refractivity (Wildman–Crippen MR) is 60.3 cm³/mol. The van der Waals surface area contributed by atoms with E-state index in [4.69, 9.17) is 14.9 Å². The molecule has 0 saturated heterocycles. The fourth-order valence-corrected chi connectivity index (χ4v) is 1.57. The number of ether oxygens (including phenoxy) is 1. The molecule has 0 aromatic carbocycles. The van der Waals surface area contributed by atoms with Crippen molar-refractivity contribution in [2.45, 2.75) is 46.4 Å². The first kappa shape index (κ1) is 12.3. The third-order valence-electron chi connectivity index (χ3n) is 2.23. The van der Waals surface area contributed by atoms with Gasteiger partial charge in [-0.05, 0) is 31.4 Å². The molecule has 0 aliphatic carbocycles. The van der Waals surface area contributed by atoms with Crippen LogP contribution in [0.3, 0.4) is 0 Å². The highest BCUT2D eigenvalue weighted by Gasteiger charge is 2.07. The lowest BCUT2D eigenvalue weighted by atomic mass is 10.1. The van der Waals surface area contributed by atoms with Gasteiger partial charge in [-0.25, -0.2) is 0 Å². The molecule has 1 heterocycles. The van der Waals surface area contributed by atoms with Crippen LogP contribution in [0.25, 0.3) is 0 Å². The van der Waals surface area contributed by atoms with Crippen LogP contribution in [0.4, 0.5) is 0 Å². The first-order valence-corrected chi connectivity index (χ1v) is 5.51. The Bertz CT molecular complexity index is 281. The van der Waals surface area contributed by atoms with Crippen molar-refractivity contribution in [3.05, 3.63) is 23.7 Å². The Labute approximate surface area is 91.6 Å². The zero-order valence-corrected chi connectivity index (χ0v) is 9.82. The van der Waals surface area contributed by atoms with E-state index in [0.717, 1.165) is 17.9 Å². The molecule has 0 saturated carbocycles. The lowest BCUT2D eigenvalue weighted by molar-refractivity contribution is 0.0298.